The molecule has 0 fully saturated rings. The second-order valence-electron chi connectivity index (χ2n) is 6.29. The van der Waals surface area contributed by atoms with Crippen molar-refractivity contribution in [2.24, 2.45) is 5.92 Å². The smallest absolute Gasteiger partial charge is 0.320 e. The topological polar surface area (TPSA) is 146 Å². The van der Waals surface area contributed by atoms with Gasteiger partial charge in [0.25, 0.3) is 10.0 Å². The average molecular weight is 482 g/mol. The van der Waals surface area contributed by atoms with E-state index < -0.39 is 33.9 Å². The van der Waals surface area contributed by atoms with E-state index in [9.17, 15) is 28.2 Å². The Labute approximate surface area is 186 Å². The molecule has 0 amide bonds. The highest BCUT2D eigenvalue weighted by molar-refractivity contribution is 7.93. The Morgan fingerprint density at radius 3 is 2.13 bits per heavy atom. The third-order valence-corrected chi connectivity index (χ3v) is 6.66. The van der Waals surface area contributed by atoms with Crippen molar-refractivity contribution >= 4 is 55.7 Å². The lowest BCUT2D eigenvalue weighted by atomic mass is 9.92. The Kier molecular flexibility index (Phi) is 6.78. The van der Waals surface area contributed by atoms with Gasteiger partial charge in [0.1, 0.15) is 0 Å². The molecule has 3 rings (SSSR count). The molecule has 12 heteroatoms. The summed E-state index contributed by atoms with van der Waals surface area (Å²) in [6.45, 7) is 0. The molecule has 162 valence electrons. The highest BCUT2D eigenvalue weighted by atomic mass is 35.5. The summed E-state index contributed by atoms with van der Waals surface area (Å²) in [5.41, 5.74) is 0.724. The standard InChI is InChI=1S/C19H16ClN3O6S2/c20-12-3-1-11(2-4-12)16(15(17(24)25)18(26)27)22-13-5-7-14(8-6-13)31(28,29)23-19-21-9-10-30-19/h1-10,15-16,22H,(H,21,23)(H,24,25)(H,26,27). The van der Waals surface area contributed by atoms with Crippen LogP contribution in [0.25, 0.3) is 0 Å². The van der Waals surface area contributed by atoms with Gasteiger partial charge in [-0.05, 0) is 42.0 Å². The molecule has 0 aliphatic rings. The number of halogens is 1. The molecule has 9 nitrogen and oxygen atoms in total. The van der Waals surface area contributed by atoms with E-state index in [0.29, 0.717) is 16.3 Å². The Morgan fingerprint density at radius 2 is 1.61 bits per heavy atom. The van der Waals surface area contributed by atoms with Crippen molar-refractivity contribution < 1.29 is 28.2 Å². The number of carbonyl (C=O) groups is 2. The summed E-state index contributed by atoms with van der Waals surface area (Å²) in [4.78, 5) is 27.1. The zero-order valence-corrected chi connectivity index (χ0v) is 18.0. The summed E-state index contributed by atoms with van der Waals surface area (Å²) in [6, 6.07) is 10.4. The molecule has 1 atom stereocenters. The van der Waals surface area contributed by atoms with Crippen molar-refractivity contribution in [1.29, 1.82) is 0 Å². The number of hydrogen-bond donors (Lipinski definition) is 4. The summed E-state index contributed by atoms with van der Waals surface area (Å²) < 4.78 is 27.2. The second-order valence-corrected chi connectivity index (χ2v) is 9.31. The Morgan fingerprint density at radius 1 is 1.00 bits per heavy atom. The summed E-state index contributed by atoms with van der Waals surface area (Å²) in [7, 11) is -3.86. The van der Waals surface area contributed by atoms with Gasteiger partial charge in [-0.3, -0.25) is 14.3 Å². The first-order valence-corrected chi connectivity index (χ1v) is 11.4. The van der Waals surface area contributed by atoms with Crippen LogP contribution in [0.3, 0.4) is 0 Å². The maximum absolute atomic E-state index is 12.4. The number of nitrogens with zero attached hydrogens (tertiary/aromatic N) is 1. The fourth-order valence-electron chi connectivity index (χ4n) is 2.78. The number of anilines is 2. The molecule has 4 N–H and O–H groups in total. The molecule has 0 bridgehead atoms. The fourth-order valence-corrected chi connectivity index (χ4v) is 4.69. The van der Waals surface area contributed by atoms with Crippen LogP contribution >= 0.6 is 22.9 Å². The van der Waals surface area contributed by atoms with Gasteiger partial charge in [0.15, 0.2) is 11.0 Å². The van der Waals surface area contributed by atoms with Crippen LogP contribution in [0.5, 0.6) is 0 Å². The number of nitrogens with one attached hydrogen (secondary N) is 2. The molecule has 31 heavy (non-hydrogen) atoms. The Hall–Kier alpha value is -3.15. The van der Waals surface area contributed by atoms with Crippen molar-refractivity contribution in [3.8, 4) is 0 Å². The van der Waals surface area contributed by atoms with Crippen molar-refractivity contribution in [2.75, 3.05) is 10.0 Å². The lowest BCUT2D eigenvalue weighted by molar-refractivity contribution is -0.155. The number of aliphatic carboxylic acids is 2. The zero-order chi connectivity index (χ0) is 22.6. The minimum absolute atomic E-state index is 0.0377. The summed E-state index contributed by atoms with van der Waals surface area (Å²) in [5.74, 6) is -4.84. The van der Waals surface area contributed by atoms with Crippen LogP contribution in [0.15, 0.2) is 65.0 Å². The summed E-state index contributed by atoms with van der Waals surface area (Å²) >= 11 is 7.00. The quantitative estimate of drug-likeness (QED) is 0.339. The molecule has 1 heterocycles. The zero-order valence-electron chi connectivity index (χ0n) is 15.6. The third kappa shape index (κ3) is 5.51. The summed E-state index contributed by atoms with van der Waals surface area (Å²) in [6.07, 6.45) is 1.47. The van der Waals surface area contributed by atoms with Gasteiger partial charge < -0.3 is 15.5 Å². The molecule has 0 saturated carbocycles. The van der Waals surface area contributed by atoms with Crippen LogP contribution in [0.2, 0.25) is 5.02 Å². The van der Waals surface area contributed by atoms with E-state index in [2.05, 4.69) is 15.0 Å². The Balaban J connectivity index is 1.88. The van der Waals surface area contributed by atoms with Crippen LogP contribution in [-0.4, -0.2) is 35.6 Å². The van der Waals surface area contributed by atoms with Crippen LogP contribution < -0.4 is 10.0 Å². The third-order valence-electron chi connectivity index (χ3n) is 4.24. The number of carboxylic acid groups (broad SMARTS) is 2. The van der Waals surface area contributed by atoms with Crippen LogP contribution in [0.1, 0.15) is 11.6 Å². The molecule has 1 unspecified atom stereocenters. The van der Waals surface area contributed by atoms with E-state index in [1.54, 1.807) is 5.38 Å². The van der Waals surface area contributed by atoms with Gasteiger partial charge in [0.05, 0.1) is 10.9 Å². The van der Waals surface area contributed by atoms with Crippen molar-refractivity contribution in [2.45, 2.75) is 10.9 Å². The van der Waals surface area contributed by atoms with Gasteiger partial charge in [-0.15, -0.1) is 11.3 Å². The number of benzene rings is 2. The first-order chi connectivity index (χ1) is 14.7. The fraction of sp³-hybridized carbons (Fsp3) is 0.105. The second kappa shape index (κ2) is 9.33. The van der Waals surface area contributed by atoms with Gasteiger partial charge in [-0.25, -0.2) is 13.4 Å². The predicted molar refractivity (Wildman–Crippen MR) is 116 cm³/mol. The molecule has 0 saturated heterocycles. The molecule has 1 aromatic heterocycles. The molecule has 2 aromatic carbocycles. The number of hydrogen-bond acceptors (Lipinski definition) is 7. The molecule has 0 aliphatic carbocycles. The monoisotopic (exact) mass is 481 g/mol. The van der Waals surface area contributed by atoms with Crippen LogP contribution in [0.4, 0.5) is 10.8 Å². The van der Waals surface area contributed by atoms with Crippen molar-refractivity contribution in [1.82, 2.24) is 4.98 Å². The number of sulfonamides is 1. The van der Waals surface area contributed by atoms with Gasteiger partial charge in [0, 0.05) is 22.3 Å². The average Bonchev–Trinajstić information content (AvgIpc) is 3.20. The maximum atomic E-state index is 12.4. The lowest BCUT2D eigenvalue weighted by Crippen LogP contribution is -2.34. The van der Waals surface area contributed by atoms with E-state index >= 15 is 0 Å². The van der Waals surface area contributed by atoms with E-state index in [-0.39, 0.29) is 10.0 Å². The van der Waals surface area contributed by atoms with E-state index in [4.69, 9.17) is 11.6 Å². The number of carboxylic acids is 2. The molecule has 0 aliphatic heterocycles. The van der Waals surface area contributed by atoms with Gasteiger partial charge in [-0.2, -0.15) is 0 Å². The van der Waals surface area contributed by atoms with Gasteiger partial charge >= 0.3 is 11.9 Å². The van der Waals surface area contributed by atoms with Crippen LogP contribution in [-0.2, 0) is 19.6 Å². The van der Waals surface area contributed by atoms with Gasteiger partial charge in [0.2, 0.25) is 0 Å². The number of thiazole rings is 1. The molecular formula is C19H16ClN3O6S2. The van der Waals surface area contributed by atoms with E-state index in [1.165, 1.54) is 54.7 Å². The number of rotatable bonds is 9. The van der Waals surface area contributed by atoms with E-state index in [1.807, 2.05) is 0 Å². The molecule has 3 aromatic rings. The van der Waals surface area contributed by atoms with E-state index in [0.717, 1.165) is 11.3 Å². The largest absolute Gasteiger partial charge is 0.481 e. The van der Waals surface area contributed by atoms with Crippen LogP contribution in [0, 0.1) is 5.92 Å². The van der Waals surface area contributed by atoms with Gasteiger partial charge in [-0.1, -0.05) is 23.7 Å². The molecule has 0 spiro atoms. The number of aromatic nitrogens is 1. The SMILES string of the molecule is O=C(O)C(C(=O)O)C(Nc1ccc(S(=O)(=O)Nc2nccs2)cc1)c1ccc(Cl)cc1. The highest BCUT2D eigenvalue weighted by Crippen LogP contribution is 2.29. The minimum Gasteiger partial charge on any atom is -0.481 e. The normalized spacial score (nSPS) is 12.3. The Bertz CT molecular complexity index is 1150. The van der Waals surface area contributed by atoms with Crippen molar-refractivity contribution in [3.05, 3.63) is 70.7 Å². The predicted octanol–water partition coefficient (Wildman–Crippen LogP) is 3.54. The minimum atomic E-state index is -3.86. The molecular weight excluding hydrogens is 466 g/mol. The highest BCUT2D eigenvalue weighted by Gasteiger charge is 2.36. The first-order valence-electron chi connectivity index (χ1n) is 8.67. The summed E-state index contributed by atoms with van der Waals surface area (Å²) in [5, 5.41) is 24.0. The molecule has 0 radical (unpaired) electrons. The first kappa shape index (κ1) is 22.5. The maximum Gasteiger partial charge on any atom is 0.320 e. The van der Waals surface area contributed by atoms with Crippen molar-refractivity contribution in [3.63, 3.8) is 0 Å². The lowest BCUT2D eigenvalue weighted by Gasteiger charge is -2.24.